The second-order valence-electron chi connectivity index (χ2n) is 6.21. The number of halogens is 1. The summed E-state index contributed by atoms with van der Waals surface area (Å²) in [5.74, 6) is -0.509. The lowest BCUT2D eigenvalue weighted by Gasteiger charge is -2.07. The van der Waals surface area contributed by atoms with Crippen molar-refractivity contribution in [2.45, 2.75) is 13.8 Å². The van der Waals surface area contributed by atoms with Gasteiger partial charge in [-0.2, -0.15) is 5.10 Å². The zero-order chi connectivity index (χ0) is 20.1. The lowest BCUT2D eigenvalue weighted by Crippen LogP contribution is -2.13. The Labute approximate surface area is 167 Å². The van der Waals surface area contributed by atoms with Crippen molar-refractivity contribution in [3.8, 4) is 0 Å². The maximum absolute atomic E-state index is 12.4. The fourth-order valence-electron chi connectivity index (χ4n) is 2.56. The van der Waals surface area contributed by atoms with Crippen LogP contribution in [0.15, 0.2) is 54.6 Å². The molecule has 0 saturated carbocycles. The van der Waals surface area contributed by atoms with E-state index < -0.39 is 0 Å². The summed E-state index contributed by atoms with van der Waals surface area (Å²) < 4.78 is 0. The SMILES string of the molecule is Cc1n[nH]c(C)c1NC(=O)c1ccc(NC(=O)/C=C/c2ccc(Cl)cc2)cc1. The minimum Gasteiger partial charge on any atom is -0.323 e. The molecule has 7 heteroatoms. The number of hydrogen-bond donors (Lipinski definition) is 3. The molecule has 28 heavy (non-hydrogen) atoms. The molecule has 0 atom stereocenters. The van der Waals surface area contributed by atoms with Crippen LogP contribution >= 0.6 is 11.6 Å². The van der Waals surface area contributed by atoms with Crippen molar-refractivity contribution in [1.29, 1.82) is 0 Å². The van der Waals surface area contributed by atoms with Gasteiger partial charge in [0.15, 0.2) is 0 Å². The number of anilines is 2. The summed E-state index contributed by atoms with van der Waals surface area (Å²) in [5, 5.41) is 13.1. The number of rotatable bonds is 5. The number of benzene rings is 2. The number of H-pyrrole nitrogens is 1. The number of aromatic amines is 1. The second-order valence-corrected chi connectivity index (χ2v) is 6.65. The molecule has 0 saturated heterocycles. The highest BCUT2D eigenvalue weighted by Crippen LogP contribution is 2.18. The molecule has 3 aromatic rings. The van der Waals surface area contributed by atoms with Crippen molar-refractivity contribution in [3.63, 3.8) is 0 Å². The van der Waals surface area contributed by atoms with E-state index in [-0.39, 0.29) is 11.8 Å². The van der Waals surface area contributed by atoms with Crippen LogP contribution in [0.2, 0.25) is 5.02 Å². The summed E-state index contributed by atoms with van der Waals surface area (Å²) in [7, 11) is 0. The molecule has 0 unspecified atom stereocenters. The number of amides is 2. The lowest BCUT2D eigenvalue weighted by atomic mass is 10.1. The van der Waals surface area contributed by atoms with Crippen molar-refractivity contribution in [2.75, 3.05) is 10.6 Å². The molecule has 0 bridgehead atoms. The number of hydrogen-bond acceptors (Lipinski definition) is 3. The molecule has 6 nitrogen and oxygen atoms in total. The first-order valence-corrected chi connectivity index (χ1v) is 8.98. The minimum absolute atomic E-state index is 0.242. The van der Waals surface area contributed by atoms with Gasteiger partial charge < -0.3 is 10.6 Å². The standard InChI is InChI=1S/C21H19ClN4O2/c1-13-20(14(2)26-25-13)24-21(28)16-6-10-18(11-7-16)23-19(27)12-5-15-3-8-17(22)9-4-15/h3-12H,1-2H3,(H,23,27)(H,24,28)(H,25,26)/b12-5+. The van der Waals surface area contributed by atoms with Crippen molar-refractivity contribution in [1.82, 2.24) is 10.2 Å². The molecule has 3 N–H and O–H groups in total. The second kappa shape index (κ2) is 8.54. The average molecular weight is 395 g/mol. The third-order valence-electron chi connectivity index (χ3n) is 4.08. The smallest absolute Gasteiger partial charge is 0.255 e. The third-order valence-corrected chi connectivity index (χ3v) is 4.33. The van der Waals surface area contributed by atoms with Gasteiger partial charge in [0.2, 0.25) is 5.91 Å². The van der Waals surface area contributed by atoms with Gasteiger partial charge >= 0.3 is 0 Å². The van der Waals surface area contributed by atoms with Crippen LogP contribution in [0.1, 0.15) is 27.3 Å². The summed E-state index contributed by atoms with van der Waals surface area (Å²) in [6.07, 6.45) is 3.14. The van der Waals surface area contributed by atoms with Gasteiger partial charge in [0, 0.05) is 22.3 Å². The number of aromatic nitrogens is 2. The highest BCUT2D eigenvalue weighted by Gasteiger charge is 2.12. The Kier molecular flexibility index (Phi) is 5.91. The van der Waals surface area contributed by atoms with Gasteiger partial charge in [-0.25, -0.2) is 0 Å². The normalized spacial score (nSPS) is 10.8. The highest BCUT2D eigenvalue weighted by molar-refractivity contribution is 6.30. The van der Waals surface area contributed by atoms with E-state index >= 15 is 0 Å². The fraction of sp³-hybridized carbons (Fsp3) is 0.0952. The van der Waals surface area contributed by atoms with Gasteiger partial charge in [-0.15, -0.1) is 0 Å². The molecule has 0 fully saturated rings. The Morgan fingerprint density at radius 2 is 1.68 bits per heavy atom. The first kappa shape index (κ1) is 19.4. The van der Waals surface area contributed by atoms with Gasteiger partial charge in [-0.3, -0.25) is 14.7 Å². The molecular weight excluding hydrogens is 376 g/mol. The first-order chi connectivity index (χ1) is 13.4. The molecule has 0 radical (unpaired) electrons. The molecule has 0 aliphatic carbocycles. The maximum atomic E-state index is 12.4. The van der Waals surface area contributed by atoms with Crippen LogP contribution in [0.5, 0.6) is 0 Å². The van der Waals surface area contributed by atoms with Crippen LogP contribution in [0.25, 0.3) is 6.08 Å². The summed E-state index contributed by atoms with van der Waals surface area (Å²) in [6.45, 7) is 3.65. The van der Waals surface area contributed by atoms with Crippen LogP contribution in [0.4, 0.5) is 11.4 Å². The van der Waals surface area contributed by atoms with Crippen LogP contribution in [-0.2, 0) is 4.79 Å². The Hall–Kier alpha value is -3.38. The molecule has 1 heterocycles. The zero-order valence-corrected chi connectivity index (χ0v) is 16.2. The van der Waals surface area contributed by atoms with E-state index in [2.05, 4.69) is 20.8 Å². The van der Waals surface area contributed by atoms with Gasteiger partial charge in [0.1, 0.15) is 0 Å². The van der Waals surface area contributed by atoms with Crippen molar-refractivity contribution < 1.29 is 9.59 Å². The number of carbonyl (C=O) groups is 2. The van der Waals surface area contributed by atoms with Crippen molar-refractivity contribution in [3.05, 3.63) is 82.1 Å². The van der Waals surface area contributed by atoms with Crippen molar-refractivity contribution in [2.24, 2.45) is 0 Å². The lowest BCUT2D eigenvalue weighted by molar-refractivity contribution is -0.111. The molecular formula is C21H19ClN4O2. The van der Waals surface area contributed by atoms with E-state index in [4.69, 9.17) is 11.6 Å². The summed E-state index contributed by atoms with van der Waals surface area (Å²) in [5.41, 5.74) is 4.14. The van der Waals surface area contributed by atoms with Crippen LogP contribution in [-0.4, -0.2) is 22.0 Å². The van der Waals surface area contributed by atoms with Crippen LogP contribution < -0.4 is 10.6 Å². The highest BCUT2D eigenvalue weighted by atomic mass is 35.5. The molecule has 142 valence electrons. The molecule has 2 amide bonds. The summed E-state index contributed by atoms with van der Waals surface area (Å²) in [4.78, 5) is 24.4. The van der Waals surface area contributed by atoms with E-state index in [0.717, 1.165) is 17.0 Å². The topological polar surface area (TPSA) is 86.9 Å². The predicted molar refractivity (Wildman–Crippen MR) is 112 cm³/mol. The van der Waals surface area contributed by atoms with Gasteiger partial charge in [0.05, 0.1) is 17.1 Å². The Balaban J connectivity index is 1.60. The summed E-state index contributed by atoms with van der Waals surface area (Å²) in [6, 6.07) is 13.8. The quantitative estimate of drug-likeness (QED) is 0.553. The van der Waals surface area contributed by atoms with E-state index in [1.54, 1.807) is 42.5 Å². The number of nitrogens with zero attached hydrogens (tertiary/aromatic N) is 1. The number of carbonyl (C=O) groups excluding carboxylic acids is 2. The molecule has 0 spiro atoms. The monoisotopic (exact) mass is 394 g/mol. The van der Waals surface area contributed by atoms with Gasteiger partial charge in [0.25, 0.3) is 5.91 Å². The van der Waals surface area contributed by atoms with Crippen LogP contribution in [0.3, 0.4) is 0 Å². The Morgan fingerprint density at radius 1 is 1.00 bits per heavy atom. The average Bonchev–Trinajstić information content (AvgIpc) is 3.00. The number of aryl methyl sites for hydroxylation is 2. The fourth-order valence-corrected chi connectivity index (χ4v) is 2.68. The molecule has 1 aromatic heterocycles. The number of nitrogens with one attached hydrogen (secondary N) is 3. The molecule has 0 aliphatic rings. The van der Waals surface area contributed by atoms with Gasteiger partial charge in [-0.1, -0.05) is 23.7 Å². The molecule has 2 aromatic carbocycles. The van der Waals surface area contributed by atoms with Gasteiger partial charge in [-0.05, 0) is 61.9 Å². The zero-order valence-electron chi connectivity index (χ0n) is 15.4. The third kappa shape index (κ3) is 4.86. The van der Waals surface area contributed by atoms with E-state index in [1.807, 2.05) is 26.0 Å². The molecule has 3 rings (SSSR count). The van der Waals surface area contributed by atoms with Crippen LogP contribution in [0, 0.1) is 13.8 Å². The maximum Gasteiger partial charge on any atom is 0.255 e. The Morgan fingerprint density at radius 3 is 2.29 bits per heavy atom. The predicted octanol–water partition coefficient (Wildman–Crippen LogP) is 4.58. The largest absolute Gasteiger partial charge is 0.323 e. The van der Waals surface area contributed by atoms with E-state index in [1.165, 1.54) is 6.08 Å². The minimum atomic E-state index is -0.267. The van der Waals surface area contributed by atoms with E-state index in [9.17, 15) is 9.59 Å². The van der Waals surface area contributed by atoms with Crippen molar-refractivity contribution >= 4 is 40.9 Å². The Bertz CT molecular complexity index is 1000. The van der Waals surface area contributed by atoms with E-state index in [0.29, 0.717) is 22.0 Å². The first-order valence-electron chi connectivity index (χ1n) is 8.60. The summed E-state index contributed by atoms with van der Waals surface area (Å²) >= 11 is 5.83. The molecule has 0 aliphatic heterocycles.